The Kier molecular flexibility index (Phi) is 17.5. The fourth-order valence-corrected chi connectivity index (χ4v) is 10.8. The van der Waals surface area contributed by atoms with E-state index in [2.05, 4.69) is 140 Å². The van der Waals surface area contributed by atoms with E-state index in [4.69, 9.17) is 39.2 Å². The molecule has 3 aliphatic heterocycles. The van der Waals surface area contributed by atoms with Gasteiger partial charge in [-0.2, -0.15) is 11.8 Å². The topological polar surface area (TPSA) is 97.9 Å². The van der Waals surface area contributed by atoms with E-state index in [9.17, 15) is 14.4 Å². The van der Waals surface area contributed by atoms with Crippen molar-refractivity contribution in [1.82, 2.24) is 15.2 Å². The second kappa shape index (κ2) is 22.9. The van der Waals surface area contributed by atoms with Gasteiger partial charge < -0.3 is 24.9 Å². The Balaban J connectivity index is 0.000000182. The van der Waals surface area contributed by atoms with Crippen molar-refractivity contribution in [2.75, 3.05) is 55.8 Å². The van der Waals surface area contributed by atoms with E-state index in [0.717, 1.165) is 95.7 Å². The number of unbranched alkanes of at least 4 members (excludes halogenated alkanes) is 1. The van der Waals surface area contributed by atoms with Crippen LogP contribution >= 0.6 is 46.6 Å². The van der Waals surface area contributed by atoms with Crippen LogP contribution < -0.4 is 30.4 Å². The number of amides is 2. The van der Waals surface area contributed by atoms with Gasteiger partial charge in [-0.3, -0.25) is 9.59 Å². The van der Waals surface area contributed by atoms with Crippen LogP contribution in [0.1, 0.15) is 69.3 Å². The molecule has 338 valence electrons. The number of rotatable bonds is 14. The van der Waals surface area contributed by atoms with Crippen molar-refractivity contribution < 1.29 is 18.8 Å². The Morgan fingerprint density at radius 3 is 2.23 bits per heavy atom. The Bertz CT molecular complexity index is 2620. The number of anilines is 2. The molecule has 0 aromatic heterocycles. The molecule has 9 nitrogen and oxygen atoms in total. The molecule has 4 aliphatic rings. The van der Waals surface area contributed by atoms with Crippen molar-refractivity contribution in [2.45, 2.75) is 76.6 Å². The molecule has 3 unspecified atom stereocenters. The Hall–Kier alpha value is -4.74. The van der Waals surface area contributed by atoms with Crippen LogP contribution in [0, 0.1) is 0 Å². The zero-order valence-electron chi connectivity index (χ0n) is 37.6. The number of alkyl halides is 1. The summed E-state index contributed by atoms with van der Waals surface area (Å²) in [6.07, 6.45) is 3.34. The molecule has 3 heterocycles. The lowest BCUT2D eigenvalue weighted by atomic mass is 9.91. The molecule has 0 bridgehead atoms. The number of hydrogen-bond acceptors (Lipinski definition) is 7. The van der Waals surface area contributed by atoms with E-state index in [1.165, 1.54) is 22.0 Å². The third-order valence-corrected chi connectivity index (χ3v) is 14.2. The molecule has 64 heavy (non-hydrogen) atoms. The molecule has 0 saturated carbocycles. The van der Waals surface area contributed by atoms with E-state index in [-0.39, 0.29) is 23.4 Å². The SMILES string of the molecule is CCN(CC)c1ccc2c(-c3ccccc3C(=O)Cl)c3ccc(=[N+](CC)CC)cc-3oc2c1.CN(C)c1cccc2c(CCl)cccc12.O=C(Cl)CCCCC1SCC2NC(=O)NC21. The number of thioether (sulfide) groups is 1. The largest absolute Gasteiger partial charge is 0.456 e. The number of benzene rings is 5. The van der Waals surface area contributed by atoms with Crippen molar-refractivity contribution in [2.24, 2.45) is 0 Å². The molecular weight excluding hydrogens is 885 g/mol. The molecule has 2 amide bonds. The minimum absolute atomic E-state index is 0.0452. The Morgan fingerprint density at radius 1 is 0.812 bits per heavy atom. The van der Waals surface area contributed by atoms with Crippen LogP contribution in [0.15, 0.2) is 101 Å². The lowest BCUT2D eigenvalue weighted by molar-refractivity contribution is -0.111. The Labute approximate surface area is 396 Å². The van der Waals surface area contributed by atoms with Gasteiger partial charge in [0.1, 0.15) is 24.4 Å². The Morgan fingerprint density at radius 2 is 1.55 bits per heavy atom. The number of carbonyl (C=O) groups is 3. The molecule has 2 fully saturated rings. The summed E-state index contributed by atoms with van der Waals surface area (Å²) in [7, 11) is 4.12. The second-order valence-corrected chi connectivity index (χ2v) is 18.3. The van der Waals surface area contributed by atoms with Crippen molar-refractivity contribution in [3.63, 3.8) is 0 Å². The van der Waals surface area contributed by atoms with E-state index in [1.807, 2.05) is 30.0 Å². The third kappa shape index (κ3) is 11.4. The fraction of sp³-hybridized carbons (Fsp3) is 0.373. The van der Waals surface area contributed by atoms with Gasteiger partial charge >= 0.3 is 6.03 Å². The number of nitrogens with one attached hydrogen (secondary N) is 2. The van der Waals surface area contributed by atoms with Crippen LogP contribution in [-0.2, 0) is 10.7 Å². The average molecular weight is 944 g/mol. The molecule has 0 radical (unpaired) electrons. The van der Waals surface area contributed by atoms with Crippen molar-refractivity contribution in [3.8, 4) is 22.5 Å². The number of carbonyl (C=O) groups excluding carboxylic acids is 3. The van der Waals surface area contributed by atoms with E-state index < -0.39 is 5.24 Å². The number of hydrogen-bond donors (Lipinski definition) is 2. The molecule has 2 saturated heterocycles. The van der Waals surface area contributed by atoms with Crippen LogP contribution in [0.2, 0.25) is 0 Å². The van der Waals surface area contributed by atoms with Crippen LogP contribution in [0.5, 0.6) is 0 Å². The summed E-state index contributed by atoms with van der Waals surface area (Å²) in [6, 6.07) is 33.3. The molecule has 4 aromatic rings. The van der Waals surface area contributed by atoms with Crippen LogP contribution in [0.3, 0.4) is 0 Å². The van der Waals surface area contributed by atoms with Crippen LogP contribution in [-0.4, -0.2) is 79.9 Å². The van der Waals surface area contributed by atoms with Crippen molar-refractivity contribution >= 4 is 96.2 Å². The molecule has 4 aromatic carbocycles. The molecule has 2 N–H and O–H groups in total. The minimum atomic E-state index is -0.466. The monoisotopic (exact) mass is 942 g/mol. The molecule has 13 heteroatoms. The molecule has 8 rings (SSSR count). The van der Waals surface area contributed by atoms with E-state index in [1.54, 1.807) is 6.07 Å². The van der Waals surface area contributed by atoms with Gasteiger partial charge in [-0.05, 0) is 111 Å². The first-order valence-electron chi connectivity index (χ1n) is 22.2. The lowest BCUT2D eigenvalue weighted by Crippen LogP contribution is -2.36. The maximum absolute atomic E-state index is 12.3. The summed E-state index contributed by atoms with van der Waals surface area (Å²) in [5, 5.41) is 10.2. The average Bonchev–Trinajstić information content (AvgIpc) is 3.86. The third-order valence-electron chi connectivity index (χ3n) is 12.0. The lowest BCUT2D eigenvalue weighted by Gasteiger charge is -2.22. The summed E-state index contributed by atoms with van der Waals surface area (Å²) < 4.78 is 8.79. The first kappa shape index (κ1) is 48.7. The highest BCUT2D eigenvalue weighted by Crippen LogP contribution is 2.42. The summed E-state index contributed by atoms with van der Waals surface area (Å²) in [6.45, 7) is 12.3. The first-order chi connectivity index (χ1) is 30.9. The smallest absolute Gasteiger partial charge is 0.315 e. The van der Waals surface area contributed by atoms with Crippen molar-refractivity contribution in [1.29, 1.82) is 0 Å². The second-order valence-electron chi connectivity index (χ2n) is 16.0. The van der Waals surface area contributed by atoms with Gasteiger partial charge in [0.15, 0.2) is 0 Å². The standard InChI is InChI=1S/C28H30ClN2O2.C13H14ClN.C10H15ClN2O2S/c1-5-30(6-2)19-13-15-23-25(17-19)33-26-18-20(31(7-3)8-4)14-16-24(26)27(23)21-11-9-10-12-22(21)28(29)32;1-15(2)13-8-4-6-11-10(9-14)5-3-7-12(11)13;11-8(14)4-2-1-3-7-9-6(5-16-7)12-10(15)13-9/h9-18H,5-8H2,1-4H3;3-8H,9H2,1-2H3;6-7,9H,1-5H2,(H2,12,13,15)/q+1;;. The summed E-state index contributed by atoms with van der Waals surface area (Å²) >= 11 is 19.1. The highest BCUT2D eigenvalue weighted by Gasteiger charge is 2.42. The highest BCUT2D eigenvalue weighted by molar-refractivity contribution is 8.00. The zero-order chi connectivity index (χ0) is 45.9. The quantitative estimate of drug-likeness (QED) is 0.0280. The summed E-state index contributed by atoms with van der Waals surface area (Å²) in [5.74, 6) is 2.34. The summed E-state index contributed by atoms with van der Waals surface area (Å²) in [5.41, 5.74) is 7.56. The first-order valence-corrected chi connectivity index (χ1v) is 24.5. The van der Waals surface area contributed by atoms with Gasteiger partial charge in [0.2, 0.25) is 10.6 Å². The normalized spacial score (nSPS) is 16.3. The minimum Gasteiger partial charge on any atom is -0.456 e. The van der Waals surface area contributed by atoms with Gasteiger partial charge in [0, 0.05) is 101 Å². The summed E-state index contributed by atoms with van der Waals surface area (Å²) in [4.78, 5) is 38.4. The molecular formula is C51H59Cl3N5O4S+. The van der Waals surface area contributed by atoms with E-state index in [0.29, 0.717) is 23.1 Å². The predicted molar refractivity (Wildman–Crippen MR) is 271 cm³/mol. The number of fused-ring (bicyclic) bond motifs is 4. The molecule has 1 aliphatic carbocycles. The number of urea groups is 1. The van der Waals surface area contributed by atoms with Crippen molar-refractivity contribution in [3.05, 3.63) is 114 Å². The maximum atomic E-state index is 12.3. The number of halogens is 3. The maximum Gasteiger partial charge on any atom is 0.315 e. The van der Waals surface area contributed by atoms with Gasteiger partial charge in [-0.15, -0.1) is 11.6 Å². The zero-order valence-corrected chi connectivity index (χ0v) is 40.6. The van der Waals surface area contributed by atoms with Gasteiger partial charge in [-0.25, -0.2) is 9.37 Å². The van der Waals surface area contributed by atoms with E-state index >= 15 is 0 Å². The number of nitrogens with zero attached hydrogens (tertiary/aromatic N) is 3. The van der Waals surface area contributed by atoms with Gasteiger partial charge in [-0.1, -0.05) is 55.0 Å². The predicted octanol–water partition coefficient (Wildman–Crippen LogP) is 11.4. The van der Waals surface area contributed by atoms with Gasteiger partial charge in [0.25, 0.3) is 5.24 Å². The molecule has 0 spiro atoms. The van der Waals surface area contributed by atoms with Crippen LogP contribution in [0.25, 0.3) is 44.2 Å². The van der Waals surface area contributed by atoms with Crippen LogP contribution in [0.4, 0.5) is 16.2 Å². The molecule has 3 atom stereocenters. The highest BCUT2D eigenvalue weighted by atomic mass is 35.5. The van der Waals surface area contributed by atoms with Gasteiger partial charge in [0.05, 0.1) is 18.2 Å². The fourth-order valence-electron chi connectivity index (χ4n) is 8.72.